The van der Waals surface area contributed by atoms with Gasteiger partial charge in [0.25, 0.3) is 0 Å². The molecular formula is C15H15ClFN3O. The summed E-state index contributed by atoms with van der Waals surface area (Å²) in [4.78, 5) is 0. The van der Waals surface area contributed by atoms with E-state index in [1.165, 1.54) is 12.1 Å². The Bertz CT molecular complexity index is 689. The standard InChI is InChI=1S/C15H15ClFN3O/c1-9-2-3-14(13(16)4-9)19-8-10-5-11(15(18)20-21)7-12(17)6-10/h2-7,19,21H,8H2,1H3,(H2,18,20). The summed E-state index contributed by atoms with van der Waals surface area (Å²) in [5.41, 5.74) is 8.28. The molecular weight excluding hydrogens is 293 g/mol. The molecule has 2 aromatic rings. The average molecular weight is 308 g/mol. The number of nitrogens with two attached hydrogens (primary N) is 1. The molecule has 0 saturated heterocycles. The maximum atomic E-state index is 13.5. The number of oxime groups is 1. The number of amidine groups is 1. The van der Waals surface area contributed by atoms with Crippen molar-refractivity contribution in [3.63, 3.8) is 0 Å². The third kappa shape index (κ3) is 3.86. The quantitative estimate of drug-likeness (QED) is 0.350. The zero-order chi connectivity index (χ0) is 15.4. The fourth-order valence-corrected chi connectivity index (χ4v) is 2.22. The van der Waals surface area contributed by atoms with Gasteiger partial charge >= 0.3 is 0 Å². The van der Waals surface area contributed by atoms with Crippen LogP contribution in [0.2, 0.25) is 5.02 Å². The number of nitrogens with one attached hydrogen (secondary N) is 1. The minimum atomic E-state index is -0.453. The molecule has 0 radical (unpaired) electrons. The van der Waals surface area contributed by atoms with E-state index in [1.807, 2.05) is 25.1 Å². The summed E-state index contributed by atoms with van der Waals surface area (Å²) in [5.74, 6) is -0.588. The number of halogens is 2. The first-order valence-corrected chi connectivity index (χ1v) is 6.65. The highest BCUT2D eigenvalue weighted by molar-refractivity contribution is 6.33. The van der Waals surface area contributed by atoms with Crippen LogP contribution in [0, 0.1) is 12.7 Å². The highest BCUT2D eigenvalue weighted by Crippen LogP contribution is 2.23. The number of aryl methyl sites for hydroxylation is 1. The molecule has 4 nitrogen and oxygen atoms in total. The Balaban J connectivity index is 2.18. The van der Waals surface area contributed by atoms with Gasteiger partial charge in [0, 0.05) is 12.1 Å². The van der Waals surface area contributed by atoms with Crippen molar-refractivity contribution in [3.8, 4) is 0 Å². The Kier molecular flexibility index (Phi) is 4.65. The van der Waals surface area contributed by atoms with E-state index in [1.54, 1.807) is 6.07 Å². The number of rotatable bonds is 4. The van der Waals surface area contributed by atoms with Crippen LogP contribution in [0.3, 0.4) is 0 Å². The molecule has 21 heavy (non-hydrogen) atoms. The molecule has 0 atom stereocenters. The van der Waals surface area contributed by atoms with Gasteiger partial charge in [-0.25, -0.2) is 4.39 Å². The van der Waals surface area contributed by atoms with Crippen molar-refractivity contribution in [2.24, 2.45) is 10.9 Å². The van der Waals surface area contributed by atoms with E-state index in [4.69, 9.17) is 22.5 Å². The SMILES string of the molecule is Cc1ccc(NCc2cc(F)cc(/C(N)=N/O)c2)c(Cl)c1. The maximum Gasteiger partial charge on any atom is 0.170 e. The molecule has 0 aliphatic carbocycles. The molecule has 2 aromatic carbocycles. The topological polar surface area (TPSA) is 70.6 Å². The zero-order valence-electron chi connectivity index (χ0n) is 11.4. The molecule has 110 valence electrons. The molecule has 0 aromatic heterocycles. The van der Waals surface area contributed by atoms with Crippen molar-refractivity contribution in [2.45, 2.75) is 13.5 Å². The highest BCUT2D eigenvalue weighted by atomic mass is 35.5. The van der Waals surface area contributed by atoms with Gasteiger partial charge in [-0.15, -0.1) is 0 Å². The normalized spacial score (nSPS) is 11.5. The van der Waals surface area contributed by atoms with Crippen molar-refractivity contribution in [1.29, 1.82) is 0 Å². The summed E-state index contributed by atoms with van der Waals surface area (Å²) >= 11 is 6.12. The van der Waals surface area contributed by atoms with E-state index >= 15 is 0 Å². The van der Waals surface area contributed by atoms with Crippen molar-refractivity contribution in [1.82, 2.24) is 0 Å². The molecule has 0 bridgehead atoms. The van der Waals surface area contributed by atoms with Crippen LogP contribution in [-0.4, -0.2) is 11.0 Å². The summed E-state index contributed by atoms with van der Waals surface area (Å²) in [6.45, 7) is 2.32. The minimum absolute atomic E-state index is 0.135. The van der Waals surface area contributed by atoms with E-state index in [2.05, 4.69) is 10.5 Å². The first kappa shape index (κ1) is 15.1. The molecule has 0 heterocycles. The van der Waals surface area contributed by atoms with Crippen LogP contribution >= 0.6 is 11.6 Å². The summed E-state index contributed by atoms with van der Waals surface area (Å²) in [5, 5.41) is 15.2. The van der Waals surface area contributed by atoms with Crippen LogP contribution in [-0.2, 0) is 6.54 Å². The van der Waals surface area contributed by atoms with Crippen LogP contribution in [0.5, 0.6) is 0 Å². The molecule has 0 unspecified atom stereocenters. The third-order valence-corrected chi connectivity index (χ3v) is 3.28. The lowest BCUT2D eigenvalue weighted by Gasteiger charge is -2.10. The molecule has 6 heteroatoms. The Morgan fingerprint density at radius 2 is 2.10 bits per heavy atom. The second kappa shape index (κ2) is 6.45. The van der Waals surface area contributed by atoms with E-state index < -0.39 is 5.82 Å². The van der Waals surface area contributed by atoms with Crippen LogP contribution in [0.25, 0.3) is 0 Å². The van der Waals surface area contributed by atoms with Crippen molar-refractivity contribution < 1.29 is 9.60 Å². The molecule has 0 fully saturated rings. The van der Waals surface area contributed by atoms with Gasteiger partial charge < -0.3 is 16.3 Å². The van der Waals surface area contributed by atoms with Gasteiger partial charge in [0.2, 0.25) is 0 Å². The molecule has 0 amide bonds. The predicted molar refractivity (Wildman–Crippen MR) is 82.4 cm³/mol. The first-order valence-electron chi connectivity index (χ1n) is 6.27. The first-order chi connectivity index (χ1) is 9.99. The van der Waals surface area contributed by atoms with Gasteiger partial charge in [-0.1, -0.05) is 22.8 Å². The molecule has 0 aliphatic heterocycles. The van der Waals surface area contributed by atoms with Gasteiger partial charge in [0.15, 0.2) is 5.84 Å². The number of anilines is 1. The molecule has 4 N–H and O–H groups in total. The Hall–Kier alpha value is -2.27. The second-order valence-corrected chi connectivity index (χ2v) is 5.08. The average Bonchev–Trinajstić information content (AvgIpc) is 2.45. The number of hydrogen-bond donors (Lipinski definition) is 3. The van der Waals surface area contributed by atoms with Gasteiger partial charge in [-0.05, 0) is 48.4 Å². The van der Waals surface area contributed by atoms with Gasteiger partial charge in [-0.2, -0.15) is 0 Å². The number of hydrogen-bond acceptors (Lipinski definition) is 3. The predicted octanol–water partition coefficient (Wildman–Crippen LogP) is 3.49. The number of benzene rings is 2. The van der Waals surface area contributed by atoms with Crippen LogP contribution in [0.1, 0.15) is 16.7 Å². The minimum Gasteiger partial charge on any atom is -0.409 e. The van der Waals surface area contributed by atoms with E-state index in [9.17, 15) is 4.39 Å². The van der Waals surface area contributed by atoms with Crippen molar-refractivity contribution in [2.75, 3.05) is 5.32 Å². The maximum absolute atomic E-state index is 13.5. The van der Waals surface area contributed by atoms with Crippen molar-refractivity contribution in [3.05, 3.63) is 63.9 Å². The lowest BCUT2D eigenvalue weighted by Crippen LogP contribution is -2.14. The fourth-order valence-electron chi connectivity index (χ4n) is 1.92. The van der Waals surface area contributed by atoms with E-state index in [0.717, 1.165) is 11.3 Å². The summed E-state index contributed by atoms with van der Waals surface area (Å²) in [7, 11) is 0. The Labute approximate surface area is 127 Å². The Morgan fingerprint density at radius 1 is 1.33 bits per heavy atom. The van der Waals surface area contributed by atoms with Gasteiger partial charge in [-0.3, -0.25) is 0 Å². The largest absolute Gasteiger partial charge is 0.409 e. The fraction of sp³-hybridized carbons (Fsp3) is 0.133. The zero-order valence-corrected chi connectivity index (χ0v) is 12.2. The summed E-state index contributed by atoms with van der Waals surface area (Å²) < 4.78 is 13.5. The highest BCUT2D eigenvalue weighted by Gasteiger charge is 2.06. The summed E-state index contributed by atoms with van der Waals surface area (Å²) in [6.07, 6.45) is 0. The van der Waals surface area contributed by atoms with Crippen LogP contribution in [0.4, 0.5) is 10.1 Å². The monoisotopic (exact) mass is 307 g/mol. The van der Waals surface area contributed by atoms with E-state index in [0.29, 0.717) is 22.7 Å². The molecule has 0 aliphatic rings. The van der Waals surface area contributed by atoms with Crippen molar-refractivity contribution >= 4 is 23.1 Å². The summed E-state index contributed by atoms with van der Waals surface area (Å²) in [6, 6.07) is 9.87. The van der Waals surface area contributed by atoms with Crippen LogP contribution in [0.15, 0.2) is 41.6 Å². The molecule has 2 rings (SSSR count). The van der Waals surface area contributed by atoms with E-state index in [-0.39, 0.29) is 5.84 Å². The molecule has 0 spiro atoms. The van der Waals surface area contributed by atoms with Crippen LogP contribution < -0.4 is 11.1 Å². The van der Waals surface area contributed by atoms with Gasteiger partial charge in [0.05, 0.1) is 10.7 Å². The number of nitrogens with zero attached hydrogens (tertiary/aromatic N) is 1. The van der Waals surface area contributed by atoms with Gasteiger partial charge in [0.1, 0.15) is 5.82 Å². The lowest BCUT2D eigenvalue weighted by atomic mass is 10.1. The lowest BCUT2D eigenvalue weighted by molar-refractivity contribution is 0.318. The molecule has 0 saturated carbocycles. The Morgan fingerprint density at radius 3 is 2.76 bits per heavy atom. The smallest absolute Gasteiger partial charge is 0.170 e. The second-order valence-electron chi connectivity index (χ2n) is 4.67. The third-order valence-electron chi connectivity index (χ3n) is 2.97.